The van der Waals surface area contributed by atoms with Crippen LogP contribution in [0.1, 0.15) is 55.5 Å². The van der Waals surface area contributed by atoms with Crippen LogP contribution >= 0.6 is 0 Å². The van der Waals surface area contributed by atoms with E-state index in [1.165, 1.54) is 19.8 Å². The highest BCUT2D eigenvalue weighted by Crippen LogP contribution is 2.28. The number of methoxy groups -OCH3 is 1. The van der Waals surface area contributed by atoms with Gasteiger partial charge in [-0.3, -0.25) is 9.59 Å². The fourth-order valence-electron chi connectivity index (χ4n) is 2.89. The van der Waals surface area contributed by atoms with E-state index in [1.807, 2.05) is 18.2 Å². The Balaban J connectivity index is 1.94. The summed E-state index contributed by atoms with van der Waals surface area (Å²) in [6, 6.07) is 12.5. The van der Waals surface area contributed by atoms with Gasteiger partial charge in [-0.25, -0.2) is 0 Å². The molecule has 0 spiro atoms. The molecule has 29 heavy (non-hydrogen) atoms. The second kappa shape index (κ2) is 11.7. The van der Waals surface area contributed by atoms with Crippen LogP contribution in [-0.2, 0) is 11.3 Å². The van der Waals surface area contributed by atoms with Crippen LogP contribution in [0.3, 0.4) is 0 Å². The fourth-order valence-corrected chi connectivity index (χ4v) is 2.89. The van der Waals surface area contributed by atoms with Gasteiger partial charge in [0.2, 0.25) is 5.91 Å². The van der Waals surface area contributed by atoms with Gasteiger partial charge in [-0.05, 0) is 42.3 Å². The van der Waals surface area contributed by atoms with Gasteiger partial charge in [0.15, 0.2) is 11.5 Å². The number of anilines is 1. The lowest BCUT2D eigenvalue weighted by molar-refractivity contribution is -0.114. The van der Waals surface area contributed by atoms with Crippen molar-refractivity contribution in [1.82, 2.24) is 5.32 Å². The quantitative estimate of drug-likeness (QED) is 0.545. The maximum absolute atomic E-state index is 12.5. The van der Waals surface area contributed by atoms with Crippen molar-refractivity contribution in [1.29, 1.82) is 0 Å². The number of carbonyl (C=O) groups is 2. The summed E-state index contributed by atoms with van der Waals surface area (Å²) < 4.78 is 11.2. The van der Waals surface area contributed by atoms with Gasteiger partial charge in [-0.1, -0.05) is 38.3 Å². The molecule has 0 aromatic heterocycles. The molecule has 0 aliphatic heterocycles. The summed E-state index contributed by atoms with van der Waals surface area (Å²) in [5, 5.41) is 5.62. The molecular weight excluding hydrogens is 368 g/mol. The molecule has 0 fully saturated rings. The van der Waals surface area contributed by atoms with Crippen LogP contribution in [0.25, 0.3) is 0 Å². The zero-order chi connectivity index (χ0) is 21.1. The van der Waals surface area contributed by atoms with Crippen molar-refractivity contribution in [3.63, 3.8) is 0 Å². The molecule has 2 amide bonds. The molecule has 6 heteroatoms. The lowest BCUT2D eigenvalue weighted by Crippen LogP contribution is -2.23. The number of hydrogen-bond donors (Lipinski definition) is 2. The molecule has 2 N–H and O–H groups in total. The van der Waals surface area contributed by atoms with Gasteiger partial charge in [0, 0.05) is 24.7 Å². The summed E-state index contributed by atoms with van der Waals surface area (Å²) in [7, 11) is 1.56. The minimum absolute atomic E-state index is 0.133. The average Bonchev–Trinajstić information content (AvgIpc) is 2.71. The van der Waals surface area contributed by atoms with Gasteiger partial charge in [0.25, 0.3) is 5.91 Å². The first-order chi connectivity index (χ1) is 14.0. The van der Waals surface area contributed by atoms with E-state index in [0.29, 0.717) is 35.9 Å². The number of unbranched alkanes of at least 4 members (excludes halogenated alkanes) is 3. The zero-order valence-electron chi connectivity index (χ0n) is 17.4. The number of hydrogen-bond acceptors (Lipinski definition) is 4. The first-order valence-electron chi connectivity index (χ1n) is 9.99. The van der Waals surface area contributed by atoms with Crippen LogP contribution in [0.5, 0.6) is 11.5 Å². The number of carbonyl (C=O) groups excluding carboxylic acids is 2. The Labute approximate surface area is 172 Å². The van der Waals surface area contributed by atoms with Crippen molar-refractivity contribution in [2.45, 2.75) is 46.1 Å². The van der Waals surface area contributed by atoms with Gasteiger partial charge in [0.1, 0.15) is 0 Å². The van der Waals surface area contributed by atoms with Crippen LogP contribution in [0.2, 0.25) is 0 Å². The highest BCUT2D eigenvalue weighted by molar-refractivity contribution is 5.95. The summed E-state index contributed by atoms with van der Waals surface area (Å²) in [6.07, 6.45) is 4.53. The molecule has 0 radical (unpaired) electrons. The van der Waals surface area contributed by atoms with Crippen molar-refractivity contribution in [3.05, 3.63) is 53.6 Å². The maximum atomic E-state index is 12.5. The first-order valence-corrected chi connectivity index (χ1v) is 9.99. The van der Waals surface area contributed by atoms with Gasteiger partial charge in [-0.15, -0.1) is 0 Å². The van der Waals surface area contributed by atoms with E-state index >= 15 is 0 Å². The van der Waals surface area contributed by atoms with Crippen LogP contribution in [0.4, 0.5) is 5.69 Å². The predicted molar refractivity (Wildman–Crippen MR) is 115 cm³/mol. The van der Waals surface area contributed by atoms with E-state index in [2.05, 4.69) is 17.6 Å². The molecule has 6 nitrogen and oxygen atoms in total. The predicted octanol–water partition coefficient (Wildman–Crippen LogP) is 4.54. The summed E-state index contributed by atoms with van der Waals surface area (Å²) in [5.41, 5.74) is 2.09. The molecule has 0 aliphatic rings. The van der Waals surface area contributed by atoms with Crippen molar-refractivity contribution < 1.29 is 19.1 Å². The lowest BCUT2D eigenvalue weighted by atomic mass is 10.1. The van der Waals surface area contributed by atoms with E-state index in [4.69, 9.17) is 9.47 Å². The van der Waals surface area contributed by atoms with Gasteiger partial charge in [0.05, 0.1) is 13.7 Å². The Hall–Kier alpha value is -3.02. The van der Waals surface area contributed by atoms with Gasteiger partial charge < -0.3 is 20.1 Å². The number of amides is 2. The molecule has 0 heterocycles. The average molecular weight is 399 g/mol. The van der Waals surface area contributed by atoms with E-state index in [9.17, 15) is 9.59 Å². The van der Waals surface area contributed by atoms with E-state index in [-0.39, 0.29) is 11.8 Å². The molecule has 2 aromatic rings. The number of ether oxygens (including phenoxy) is 2. The molecule has 156 valence electrons. The minimum Gasteiger partial charge on any atom is -0.493 e. The highest BCUT2D eigenvalue weighted by Gasteiger charge is 2.11. The Morgan fingerprint density at radius 2 is 1.83 bits per heavy atom. The van der Waals surface area contributed by atoms with Crippen molar-refractivity contribution in [3.8, 4) is 11.5 Å². The smallest absolute Gasteiger partial charge is 0.251 e. The standard InChI is InChI=1S/C23H30N2O4/c1-4-5-6-7-13-29-21-12-11-19(15-22(21)28-3)23(27)24-16-18-9-8-10-20(14-18)25-17(2)26/h8-12,14-15H,4-7,13,16H2,1-3H3,(H,24,27)(H,25,26). The number of rotatable bonds is 11. The summed E-state index contributed by atoms with van der Waals surface area (Å²) in [5.74, 6) is 0.845. The SMILES string of the molecule is CCCCCCOc1ccc(C(=O)NCc2cccc(NC(C)=O)c2)cc1OC. The molecule has 0 saturated heterocycles. The van der Waals surface area contributed by atoms with Crippen molar-refractivity contribution in [2.24, 2.45) is 0 Å². The van der Waals surface area contributed by atoms with Crippen LogP contribution in [-0.4, -0.2) is 25.5 Å². The first kappa shape index (κ1) is 22.3. The highest BCUT2D eigenvalue weighted by atomic mass is 16.5. The Morgan fingerprint density at radius 1 is 1.00 bits per heavy atom. The minimum atomic E-state index is -0.206. The van der Waals surface area contributed by atoms with E-state index < -0.39 is 0 Å². The summed E-state index contributed by atoms with van der Waals surface area (Å²) in [6.45, 7) is 4.62. The maximum Gasteiger partial charge on any atom is 0.251 e. The zero-order valence-corrected chi connectivity index (χ0v) is 17.4. The van der Waals surface area contributed by atoms with Crippen LogP contribution in [0.15, 0.2) is 42.5 Å². The van der Waals surface area contributed by atoms with Gasteiger partial charge >= 0.3 is 0 Å². The molecule has 0 bridgehead atoms. The van der Waals surface area contributed by atoms with Crippen LogP contribution in [0, 0.1) is 0 Å². The molecular formula is C23H30N2O4. The lowest BCUT2D eigenvalue weighted by Gasteiger charge is -2.12. The Kier molecular flexibility index (Phi) is 9.02. The summed E-state index contributed by atoms with van der Waals surface area (Å²) in [4.78, 5) is 23.7. The number of nitrogens with one attached hydrogen (secondary N) is 2. The van der Waals surface area contributed by atoms with E-state index in [0.717, 1.165) is 18.4 Å². The monoisotopic (exact) mass is 398 g/mol. The summed E-state index contributed by atoms with van der Waals surface area (Å²) >= 11 is 0. The number of benzene rings is 2. The third-order valence-corrected chi connectivity index (χ3v) is 4.38. The normalized spacial score (nSPS) is 10.3. The topological polar surface area (TPSA) is 76.7 Å². The molecule has 2 rings (SSSR count). The Morgan fingerprint density at radius 3 is 2.55 bits per heavy atom. The Bertz CT molecular complexity index is 820. The van der Waals surface area contributed by atoms with Crippen molar-refractivity contribution in [2.75, 3.05) is 19.0 Å². The van der Waals surface area contributed by atoms with E-state index in [1.54, 1.807) is 31.4 Å². The molecule has 0 aliphatic carbocycles. The van der Waals surface area contributed by atoms with Crippen molar-refractivity contribution >= 4 is 17.5 Å². The second-order valence-electron chi connectivity index (χ2n) is 6.84. The largest absolute Gasteiger partial charge is 0.493 e. The fraction of sp³-hybridized carbons (Fsp3) is 0.391. The van der Waals surface area contributed by atoms with Crippen LogP contribution < -0.4 is 20.1 Å². The molecule has 0 saturated carbocycles. The third kappa shape index (κ3) is 7.49. The third-order valence-electron chi connectivity index (χ3n) is 4.38. The molecule has 0 atom stereocenters. The molecule has 2 aromatic carbocycles. The second-order valence-corrected chi connectivity index (χ2v) is 6.84. The van der Waals surface area contributed by atoms with Gasteiger partial charge in [-0.2, -0.15) is 0 Å². The molecule has 0 unspecified atom stereocenters.